The lowest BCUT2D eigenvalue weighted by atomic mass is 9.84. The van der Waals surface area contributed by atoms with Gasteiger partial charge in [0.05, 0.1) is 15.7 Å². The van der Waals surface area contributed by atoms with Crippen LogP contribution >= 0.6 is 11.3 Å². The van der Waals surface area contributed by atoms with Gasteiger partial charge in [-0.25, -0.2) is 4.98 Å². The zero-order valence-electron chi connectivity index (χ0n) is 12.2. The van der Waals surface area contributed by atoms with Gasteiger partial charge in [-0.05, 0) is 62.1 Å². The van der Waals surface area contributed by atoms with Crippen LogP contribution < -0.4 is 5.32 Å². The molecule has 0 aliphatic heterocycles. The lowest BCUT2D eigenvalue weighted by Gasteiger charge is -2.28. The highest BCUT2D eigenvalue weighted by Gasteiger charge is 2.42. The van der Waals surface area contributed by atoms with Crippen molar-refractivity contribution < 1.29 is 4.79 Å². The van der Waals surface area contributed by atoms with E-state index >= 15 is 0 Å². The normalized spacial score (nSPS) is 28.9. The van der Waals surface area contributed by atoms with Gasteiger partial charge in [0.2, 0.25) is 0 Å². The van der Waals surface area contributed by atoms with Crippen LogP contribution in [0.2, 0.25) is 0 Å². The van der Waals surface area contributed by atoms with Gasteiger partial charge in [0.15, 0.2) is 0 Å². The second-order valence-electron chi connectivity index (χ2n) is 6.64. The van der Waals surface area contributed by atoms with E-state index in [4.69, 9.17) is 0 Å². The third-order valence-electron chi connectivity index (χ3n) is 5.39. The molecule has 2 aliphatic carbocycles. The zero-order valence-corrected chi connectivity index (χ0v) is 13.0. The minimum atomic E-state index is 0.0561. The fourth-order valence-electron chi connectivity index (χ4n) is 4.30. The molecule has 1 amide bonds. The maximum Gasteiger partial charge on any atom is 0.251 e. The fourth-order valence-corrected chi connectivity index (χ4v) is 5.02. The molecule has 4 heteroatoms. The summed E-state index contributed by atoms with van der Waals surface area (Å²) in [6, 6.07) is 6.05. The first kappa shape index (κ1) is 13.3. The molecule has 2 saturated carbocycles. The minimum Gasteiger partial charge on any atom is -0.349 e. The maximum atomic E-state index is 12.5. The average Bonchev–Trinajstić information content (AvgIpc) is 3.21. The molecule has 0 saturated heterocycles. The summed E-state index contributed by atoms with van der Waals surface area (Å²) in [5.74, 6) is 2.50. The molecule has 0 radical (unpaired) electrons. The molecule has 2 aromatic rings. The summed E-state index contributed by atoms with van der Waals surface area (Å²) < 4.78 is 1.08. The van der Waals surface area contributed by atoms with Gasteiger partial charge in [-0.1, -0.05) is 6.42 Å². The molecule has 21 heavy (non-hydrogen) atoms. The topological polar surface area (TPSA) is 42.0 Å². The number of aromatic nitrogens is 1. The quantitative estimate of drug-likeness (QED) is 0.935. The number of hydrogen-bond acceptors (Lipinski definition) is 3. The van der Waals surface area contributed by atoms with Gasteiger partial charge in [-0.3, -0.25) is 4.79 Å². The van der Waals surface area contributed by atoms with E-state index in [0.29, 0.717) is 5.92 Å². The number of rotatable bonds is 3. The van der Waals surface area contributed by atoms with Gasteiger partial charge in [0.1, 0.15) is 0 Å². The molecule has 4 unspecified atom stereocenters. The number of benzene rings is 1. The second-order valence-corrected chi connectivity index (χ2v) is 7.52. The molecule has 3 nitrogen and oxygen atoms in total. The van der Waals surface area contributed by atoms with Crippen LogP contribution in [-0.2, 0) is 0 Å². The number of fused-ring (bicyclic) bond motifs is 3. The molecular formula is C17H20N2OS. The van der Waals surface area contributed by atoms with Crippen LogP contribution in [0, 0.1) is 17.8 Å². The van der Waals surface area contributed by atoms with E-state index < -0.39 is 0 Å². The largest absolute Gasteiger partial charge is 0.349 e. The van der Waals surface area contributed by atoms with Crippen LogP contribution in [0.3, 0.4) is 0 Å². The zero-order chi connectivity index (χ0) is 14.4. The molecule has 4 atom stereocenters. The first-order chi connectivity index (χ1) is 10.2. The molecule has 1 heterocycles. The van der Waals surface area contributed by atoms with Crippen molar-refractivity contribution in [1.82, 2.24) is 10.3 Å². The summed E-state index contributed by atoms with van der Waals surface area (Å²) >= 11 is 1.58. The van der Waals surface area contributed by atoms with Crippen molar-refractivity contribution in [3.05, 3.63) is 29.3 Å². The van der Waals surface area contributed by atoms with Crippen molar-refractivity contribution in [3.8, 4) is 0 Å². The van der Waals surface area contributed by atoms with E-state index in [1.165, 1.54) is 25.7 Å². The van der Waals surface area contributed by atoms with Crippen molar-refractivity contribution in [1.29, 1.82) is 0 Å². The van der Waals surface area contributed by atoms with Gasteiger partial charge < -0.3 is 5.32 Å². The molecule has 1 N–H and O–H groups in total. The Morgan fingerprint density at radius 3 is 3.05 bits per heavy atom. The Labute approximate surface area is 128 Å². The lowest BCUT2D eigenvalue weighted by molar-refractivity contribution is 0.0915. The standard InChI is InChI=1S/C17H20N2OS/c1-10(14-7-11-2-3-12(14)6-11)19-17(20)13-4-5-15-16(8-13)21-9-18-15/h4-5,8-12,14H,2-3,6-7H2,1H3,(H,19,20). The van der Waals surface area contributed by atoms with Gasteiger partial charge in [0, 0.05) is 11.6 Å². The summed E-state index contributed by atoms with van der Waals surface area (Å²) in [6.07, 6.45) is 5.46. The number of hydrogen-bond donors (Lipinski definition) is 1. The molecule has 0 spiro atoms. The number of nitrogens with one attached hydrogen (secondary N) is 1. The smallest absolute Gasteiger partial charge is 0.251 e. The Morgan fingerprint density at radius 1 is 1.38 bits per heavy atom. The second kappa shape index (κ2) is 5.09. The van der Waals surface area contributed by atoms with Crippen LogP contribution in [0.5, 0.6) is 0 Å². The number of amides is 1. The van der Waals surface area contributed by atoms with E-state index in [2.05, 4.69) is 17.2 Å². The highest BCUT2D eigenvalue weighted by molar-refractivity contribution is 7.16. The Bertz CT molecular complexity index is 680. The molecule has 2 bridgehead atoms. The highest BCUT2D eigenvalue weighted by Crippen LogP contribution is 2.49. The van der Waals surface area contributed by atoms with Gasteiger partial charge in [-0.15, -0.1) is 11.3 Å². The number of carbonyl (C=O) groups is 1. The predicted molar refractivity (Wildman–Crippen MR) is 85.5 cm³/mol. The van der Waals surface area contributed by atoms with E-state index in [1.807, 2.05) is 23.7 Å². The summed E-state index contributed by atoms with van der Waals surface area (Å²) in [5, 5.41) is 3.23. The van der Waals surface area contributed by atoms with Crippen molar-refractivity contribution in [2.45, 2.75) is 38.6 Å². The molecule has 1 aromatic carbocycles. The lowest BCUT2D eigenvalue weighted by Crippen LogP contribution is -2.40. The molecular weight excluding hydrogens is 280 g/mol. The molecule has 4 rings (SSSR count). The van der Waals surface area contributed by atoms with Gasteiger partial charge in [0.25, 0.3) is 5.91 Å². The Morgan fingerprint density at radius 2 is 2.29 bits per heavy atom. The van der Waals surface area contributed by atoms with Crippen molar-refractivity contribution in [2.75, 3.05) is 0 Å². The van der Waals surface area contributed by atoms with E-state index in [1.54, 1.807) is 11.3 Å². The van der Waals surface area contributed by atoms with Gasteiger partial charge >= 0.3 is 0 Å². The van der Waals surface area contributed by atoms with Crippen LogP contribution in [0.1, 0.15) is 43.0 Å². The average molecular weight is 300 g/mol. The first-order valence-corrected chi connectivity index (χ1v) is 8.73. The van der Waals surface area contributed by atoms with E-state index in [0.717, 1.165) is 27.6 Å². The highest BCUT2D eigenvalue weighted by atomic mass is 32.1. The first-order valence-electron chi connectivity index (χ1n) is 7.85. The molecule has 2 fully saturated rings. The fraction of sp³-hybridized carbons (Fsp3) is 0.529. The summed E-state index contributed by atoms with van der Waals surface area (Å²) in [6.45, 7) is 2.18. The summed E-state index contributed by atoms with van der Waals surface area (Å²) in [7, 11) is 0. The van der Waals surface area contributed by atoms with Crippen molar-refractivity contribution in [3.63, 3.8) is 0 Å². The maximum absolute atomic E-state index is 12.5. The SMILES string of the molecule is CC(NC(=O)c1ccc2ncsc2c1)C1CC2CCC1C2. The van der Waals surface area contributed by atoms with Crippen molar-refractivity contribution >= 4 is 27.5 Å². The van der Waals surface area contributed by atoms with Crippen LogP contribution in [0.25, 0.3) is 10.2 Å². The van der Waals surface area contributed by atoms with Crippen LogP contribution in [-0.4, -0.2) is 16.9 Å². The van der Waals surface area contributed by atoms with Gasteiger partial charge in [-0.2, -0.15) is 0 Å². The van der Waals surface area contributed by atoms with E-state index in [-0.39, 0.29) is 11.9 Å². The summed E-state index contributed by atoms with van der Waals surface area (Å²) in [4.78, 5) is 16.7. The third kappa shape index (κ3) is 2.35. The molecule has 110 valence electrons. The molecule has 2 aliphatic rings. The minimum absolute atomic E-state index is 0.0561. The Balaban J connectivity index is 1.47. The molecule has 1 aromatic heterocycles. The number of thiazole rings is 1. The van der Waals surface area contributed by atoms with Crippen molar-refractivity contribution in [2.24, 2.45) is 17.8 Å². The Kier molecular flexibility index (Phi) is 3.21. The number of carbonyl (C=O) groups excluding carboxylic acids is 1. The predicted octanol–water partition coefficient (Wildman–Crippen LogP) is 3.85. The third-order valence-corrected chi connectivity index (χ3v) is 6.18. The Hall–Kier alpha value is -1.42. The van der Waals surface area contributed by atoms with E-state index in [9.17, 15) is 4.79 Å². The van der Waals surface area contributed by atoms with Crippen LogP contribution in [0.4, 0.5) is 0 Å². The summed E-state index contributed by atoms with van der Waals surface area (Å²) in [5.41, 5.74) is 3.55. The van der Waals surface area contributed by atoms with Crippen LogP contribution in [0.15, 0.2) is 23.7 Å². The monoisotopic (exact) mass is 300 g/mol. The number of nitrogens with zero attached hydrogens (tertiary/aromatic N) is 1.